The minimum Gasteiger partial charge on any atom is -0.492 e. The van der Waals surface area contributed by atoms with Crippen molar-refractivity contribution in [1.29, 1.82) is 0 Å². The average Bonchev–Trinajstić information content (AvgIpc) is 2.44. The first-order chi connectivity index (χ1) is 9.66. The van der Waals surface area contributed by atoms with Gasteiger partial charge in [0, 0.05) is 0 Å². The van der Waals surface area contributed by atoms with Gasteiger partial charge in [-0.2, -0.15) is 5.10 Å². The number of ether oxygens (including phenoxy) is 1. The Morgan fingerprint density at radius 1 is 1.40 bits per heavy atom. The molecule has 0 aliphatic carbocycles. The largest absolute Gasteiger partial charge is 0.492 e. The molecular weight excluding hydrogens is 272 g/mol. The van der Waals surface area contributed by atoms with Crippen LogP contribution in [0.15, 0.2) is 36.5 Å². The maximum Gasteiger partial charge on any atom is 0.159 e. The molecule has 104 valence electrons. The summed E-state index contributed by atoms with van der Waals surface area (Å²) in [6.45, 7) is 3.12. The minimum atomic E-state index is 0.294. The summed E-state index contributed by atoms with van der Waals surface area (Å²) in [6, 6.07) is 9.64. The summed E-state index contributed by atoms with van der Waals surface area (Å²) >= 11 is 4.96. The van der Waals surface area contributed by atoms with Gasteiger partial charge in [-0.1, -0.05) is 24.4 Å². The van der Waals surface area contributed by atoms with Gasteiger partial charge < -0.3 is 15.8 Å². The molecule has 0 spiro atoms. The van der Waals surface area contributed by atoms with Crippen LogP contribution in [0.4, 0.5) is 5.82 Å². The molecule has 6 heteroatoms. The Morgan fingerprint density at radius 3 is 3.00 bits per heavy atom. The molecule has 0 saturated heterocycles. The van der Waals surface area contributed by atoms with Crippen molar-refractivity contribution in [2.45, 2.75) is 6.92 Å². The van der Waals surface area contributed by atoms with Gasteiger partial charge in [-0.3, -0.25) is 0 Å². The van der Waals surface area contributed by atoms with Crippen molar-refractivity contribution < 1.29 is 4.74 Å². The number of hydrogen-bond donors (Lipinski definition) is 2. The lowest BCUT2D eigenvalue weighted by molar-refractivity contribution is 0.332. The number of thiocarbonyl (C=S) groups is 1. The summed E-state index contributed by atoms with van der Waals surface area (Å²) in [7, 11) is 0. The van der Waals surface area contributed by atoms with Gasteiger partial charge in [0.15, 0.2) is 5.82 Å². The van der Waals surface area contributed by atoms with E-state index >= 15 is 0 Å². The van der Waals surface area contributed by atoms with Crippen molar-refractivity contribution in [1.82, 2.24) is 10.2 Å². The quantitative estimate of drug-likeness (QED) is 0.625. The van der Waals surface area contributed by atoms with E-state index in [1.54, 1.807) is 12.3 Å². The third-order valence-electron chi connectivity index (χ3n) is 2.64. The van der Waals surface area contributed by atoms with Crippen LogP contribution in [0.3, 0.4) is 0 Å². The number of hydrogen-bond acceptors (Lipinski definition) is 5. The SMILES string of the molecule is Cc1cccc(OCCNc2nnccc2C(N)=S)c1. The van der Waals surface area contributed by atoms with Crippen LogP contribution in [-0.2, 0) is 0 Å². The fourth-order valence-corrected chi connectivity index (χ4v) is 1.87. The number of benzene rings is 1. The molecule has 5 nitrogen and oxygen atoms in total. The highest BCUT2D eigenvalue weighted by Crippen LogP contribution is 2.12. The Balaban J connectivity index is 1.86. The monoisotopic (exact) mass is 288 g/mol. The van der Waals surface area contributed by atoms with Crippen LogP contribution in [0.25, 0.3) is 0 Å². The summed E-state index contributed by atoms with van der Waals surface area (Å²) in [5.41, 5.74) is 7.47. The molecule has 3 N–H and O–H groups in total. The van der Waals surface area contributed by atoms with E-state index in [2.05, 4.69) is 15.5 Å². The number of nitrogens with two attached hydrogens (primary N) is 1. The standard InChI is InChI=1S/C14H16N4OS/c1-10-3-2-4-11(9-10)19-8-7-16-14-12(13(15)20)5-6-17-18-14/h2-6,9H,7-8H2,1H3,(H2,15,20)(H,16,18). The Bertz CT molecular complexity index is 603. The predicted octanol–water partition coefficient (Wildman–Crippen LogP) is 1.91. The smallest absolute Gasteiger partial charge is 0.159 e. The van der Waals surface area contributed by atoms with E-state index in [9.17, 15) is 0 Å². The van der Waals surface area contributed by atoms with Crippen LogP contribution in [0.1, 0.15) is 11.1 Å². The molecule has 0 bridgehead atoms. The van der Waals surface area contributed by atoms with Crippen molar-refractivity contribution in [2.75, 3.05) is 18.5 Å². The van der Waals surface area contributed by atoms with Crippen LogP contribution in [0.2, 0.25) is 0 Å². The Kier molecular flexibility index (Phi) is 4.84. The molecule has 2 rings (SSSR count). The highest BCUT2D eigenvalue weighted by Gasteiger charge is 2.05. The Hall–Kier alpha value is -2.21. The number of rotatable bonds is 6. The van der Waals surface area contributed by atoms with Gasteiger partial charge in [-0.15, -0.1) is 5.10 Å². The number of anilines is 1. The first kappa shape index (κ1) is 14.2. The minimum absolute atomic E-state index is 0.294. The zero-order valence-corrected chi connectivity index (χ0v) is 12.0. The summed E-state index contributed by atoms with van der Waals surface area (Å²) in [5.74, 6) is 1.42. The second-order valence-corrected chi connectivity index (χ2v) is 4.69. The lowest BCUT2D eigenvalue weighted by Crippen LogP contribution is -2.18. The fraction of sp³-hybridized carbons (Fsp3) is 0.214. The number of nitrogens with one attached hydrogen (secondary N) is 1. The van der Waals surface area contributed by atoms with Crippen LogP contribution < -0.4 is 15.8 Å². The molecule has 1 aromatic carbocycles. The third-order valence-corrected chi connectivity index (χ3v) is 2.86. The van der Waals surface area contributed by atoms with Crippen LogP contribution in [-0.4, -0.2) is 28.3 Å². The van der Waals surface area contributed by atoms with Crippen molar-refractivity contribution >= 4 is 23.0 Å². The van der Waals surface area contributed by atoms with Crippen molar-refractivity contribution in [2.24, 2.45) is 5.73 Å². The van der Waals surface area contributed by atoms with Gasteiger partial charge in [0.05, 0.1) is 18.3 Å². The molecule has 0 aliphatic heterocycles. The van der Waals surface area contributed by atoms with E-state index < -0.39 is 0 Å². The summed E-state index contributed by atoms with van der Waals surface area (Å²) in [4.78, 5) is 0.294. The van der Waals surface area contributed by atoms with Gasteiger partial charge in [0.2, 0.25) is 0 Å². The average molecular weight is 288 g/mol. The predicted molar refractivity (Wildman–Crippen MR) is 83.1 cm³/mol. The van der Waals surface area contributed by atoms with Crippen LogP contribution in [0.5, 0.6) is 5.75 Å². The van der Waals surface area contributed by atoms with E-state index in [0.717, 1.165) is 5.75 Å². The molecule has 0 unspecified atom stereocenters. The number of aryl methyl sites for hydroxylation is 1. The zero-order valence-electron chi connectivity index (χ0n) is 11.2. The lowest BCUT2D eigenvalue weighted by Gasteiger charge is -2.10. The van der Waals surface area contributed by atoms with Gasteiger partial charge in [-0.05, 0) is 30.7 Å². The highest BCUT2D eigenvalue weighted by molar-refractivity contribution is 7.80. The van der Waals surface area contributed by atoms with Gasteiger partial charge in [0.1, 0.15) is 17.3 Å². The molecule has 0 aliphatic rings. The van der Waals surface area contributed by atoms with E-state index in [-0.39, 0.29) is 0 Å². The Labute approximate surface area is 123 Å². The van der Waals surface area contributed by atoms with Crippen molar-refractivity contribution in [3.05, 3.63) is 47.7 Å². The molecular formula is C14H16N4OS. The fourth-order valence-electron chi connectivity index (χ4n) is 1.70. The van der Waals surface area contributed by atoms with E-state index in [1.807, 2.05) is 31.2 Å². The van der Waals surface area contributed by atoms with Crippen molar-refractivity contribution in [3.8, 4) is 5.75 Å². The number of nitrogens with zero attached hydrogens (tertiary/aromatic N) is 2. The van der Waals surface area contributed by atoms with Crippen LogP contribution in [0, 0.1) is 6.92 Å². The van der Waals surface area contributed by atoms with E-state index in [4.69, 9.17) is 22.7 Å². The molecule has 0 atom stereocenters. The molecule has 0 saturated carbocycles. The summed E-state index contributed by atoms with van der Waals surface area (Å²) in [5, 5.41) is 10.9. The zero-order chi connectivity index (χ0) is 14.4. The van der Waals surface area contributed by atoms with Gasteiger partial charge >= 0.3 is 0 Å². The topological polar surface area (TPSA) is 73.1 Å². The first-order valence-electron chi connectivity index (χ1n) is 6.21. The van der Waals surface area contributed by atoms with E-state index in [1.165, 1.54) is 5.56 Å². The molecule has 2 aromatic rings. The molecule has 0 fully saturated rings. The lowest BCUT2D eigenvalue weighted by atomic mass is 10.2. The molecule has 1 heterocycles. The van der Waals surface area contributed by atoms with Crippen LogP contribution >= 0.6 is 12.2 Å². The third kappa shape index (κ3) is 3.89. The highest BCUT2D eigenvalue weighted by atomic mass is 32.1. The van der Waals surface area contributed by atoms with Gasteiger partial charge in [0.25, 0.3) is 0 Å². The van der Waals surface area contributed by atoms with Crippen molar-refractivity contribution in [3.63, 3.8) is 0 Å². The molecule has 0 radical (unpaired) electrons. The second-order valence-electron chi connectivity index (χ2n) is 4.25. The maximum atomic E-state index is 5.63. The molecule has 1 aromatic heterocycles. The van der Waals surface area contributed by atoms with E-state index in [0.29, 0.717) is 29.5 Å². The number of aromatic nitrogens is 2. The maximum absolute atomic E-state index is 5.63. The molecule has 20 heavy (non-hydrogen) atoms. The molecule has 0 amide bonds. The first-order valence-corrected chi connectivity index (χ1v) is 6.62. The normalized spacial score (nSPS) is 10.1. The second kappa shape index (κ2) is 6.81. The summed E-state index contributed by atoms with van der Waals surface area (Å²) in [6.07, 6.45) is 1.56. The van der Waals surface area contributed by atoms with Gasteiger partial charge in [-0.25, -0.2) is 0 Å². The summed E-state index contributed by atoms with van der Waals surface area (Å²) < 4.78 is 5.63. The Morgan fingerprint density at radius 2 is 2.25 bits per heavy atom.